The van der Waals surface area contributed by atoms with Crippen LogP contribution in [0.1, 0.15) is 411 Å². The van der Waals surface area contributed by atoms with E-state index in [9.17, 15) is 0 Å². The summed E-state index contributed by atoms with van der Waals surface area (Å²) < 4.78 is 0. The van der Waals surface area contributed by atoms with Gasteiger partial charge in [0.25, 0.3) is 0 Å². The van der Waals surface area contributed by atoms with E-state index >= 15 is 0 Å². The summed E-state index contributed by atoms with van der Waals surface area (Å²) in [6.07, 6.45) is 75.2. The first-order valence-electron chi connectivity index (χ1n) is 36.8. The predicted molar refractivity (Wildman–Crippen MR) is 345 cm³/mol. The second kappa shape index (κ2) is 52.1. The molecule has 0 spiro atoms. The molecule has 0 aromatic rings. The van der Waals surface area contributed by atoms with Gasteiger partial charge in [0.05, 0.1) is 0 Å². The first-order valence-corrected chi connectivity index (χ1v) is 36.8. The molecule has 0 amide bonds. The average molecular weight is 1050 g/mol. The van der Waals surface area contributed by atoms with Crippen molar-refractivity contribution >= 4 is 0 Å². The van der Waals surface area contributed by atoms with E-state index in [1.165, 1.54) is 276 Å². The van der Waals surface area contributed by atoms with Gasteiger partial charge in [0.2, 0.25) is 0 Å². The van der Waals surface area contributed by atoms with Crippen LogP contribution in [0.3, 0.4) is 0 Å². The van der Waals surface area contributed by atoms with E-state index in [0.717, 1.165) is 71.0 Å². The van der Waals surface area contributed by atoms with Gasteiger partial charge in [-0.1, -0.05) is 353 Å². The lowest BCUT2D eigenvalue weighted by molar-refractivity contribution is -0.0322. The van der Waals surface area contributed by atoms with E-state index in [1.54, 1.807) is 51.4 Å². The molecule has 0 N–H and O–H groups in total. The molecule has 0 aromatic heterocycles. The Morgan fingerprint density at radius 2 is 0.667 bits per heavy atom. The standard InChI is InChI=1S/C30H56.C30H62.C15H32/c1-6-11-22-16-23(12-7-2)18-25(17-22)20-28-15-14-26(9-4)30-27(10-5)19-24(13-8-3)21-29(28)30;1-6-11-14-16-18-20-22-25-30(27-26-28(9-4)23-13-8-3)29(10-5)24-21-19-17-15-12-7-2;1-3-5-7-9-11-13-15-14-12-10-8-6-4-2/h22-30H,6-21H2,1-5H3;28-30H,6-27H2,1-5H3;3-15H2,1-2H3. The molecule has 3 aliphatic carbocycles. The largest absolute Gasteiger partial charge is 0.0654 e. The van der Waals surface area contributed by atoms with Crippen molar-refractivity contribution in [1.82, 2.24) is 0 Å². The third kappa shape index (κ3) is 35.5. The van der Waals surface area contributed by atoms with E-state index in [-0.39, 0.29) is 0 Å². The summed E-state index contributed by atoms with van der Waals surface area (Å²) in [5, 5.41) is 0. The number of rotatable bonds is 46. The average Bonchev–Trinajstić information content (AvgIpc) is 3.42. The Morgan fingerprint density at radius 3 is 1.07 bits per heavy atom. The van der Waals surface area contributed by atoms with Crippen molar-refractivity contribution in [3.63, 3.8) is 0 Å². The SMILES string of the molecule is CCCC1CC(CCC)CC(CC2CCC(CC)C3C(CC)CC(CCC)CC23)C1.CCCCCCCCCC(CCC(CC)CCCC)C(CC)CCCCCCCC.CCCCCCCCCCCCCCC. The van der Waals surface area contributed by atoms with Gasteiger partial charge in [-0.3, -0.25) is 0 Å². The fourth-order valence-corrected chi connectivity index (χ4v) is 16.6. The molecule has 3 rings (SSSR count). The van der Waals surface area contributed by atoms with Gasteiger partial charge in [0.1, 0.15) is 0 Å². The fraction of sp³-hybridized carbons (Fsp3) is 1.00. The van der Waals surface area contributed by atoms with Crippen molar-refractivity contribution < 1.29 is 0 Å². The fourth-order valence-electron chi connectivity index (χ4n) is 16.6. The van der Waals surface area contributed by atoms with Crippen LogP contribution in [-0.4, -0.2) is 0 Å². The molecular weight excluding hydrogens is 901 g/mol. The number of hydrogen-bond donors (Lipinski definition) is 0. The highest BCUT2D eigenvalue weighted by Gasteiger charge is 2.47. The molecule has 450 valence electrons. The van der Waals surface area contributed by atoms with Crippen LogP contribution in [0.15, 0.2) is 0 Å². The molecule has 0 saturated heterocycles. The van der Waals surface area contributed by atoms with Crippen molar-refractivity contribution in [3.05, 3.63) is 0 Å². The Bertz CT molecular complexity index is 1100. The molecule has 0 heteroatoms. The molecule has 0 radical (unpaired) electrons. The molecule has 3 fully saturated rings. The third-order valence-corrected chi connectivity index (χ3v) is 21.1. The van der Waals surface area contributed by atoms with Gasteiger partial charge in [0, 0.05) is 0 Å². The highest BCUT2D eigenvalue weighted by Crippen LogP contribution is 2.56. The van der Waals surface area contributed by atoms with Crippen molar-refractivity contribution in [3.8, 4) is 0 Å². The van der Waals surface area contributed by atoms with Gasteiger partial charge in [-0.05, 0) is 129 Å². The van der Waals surface area contributed by atoms with E-state index < -0.39 is 0 Å². The van der Waals surface area contributed by atoms with Gasteiger partial charge in [-0.25, -0.2) is 0 Å². The summed E-state index contributed by atoms with van der Waals surface area (Å²) in [6, 6.07) is 0. The summed E-state index contributed by atoms with van der Waals surface area (Å²) in [7, 11) is 0. The topological polar surface area (TPSA) is 0 Å². The molecule has 3 aliphatic rings. The highest BCUT2D eigenvalue weighted by molar-refractivity contribution is 4.96. The molecule has 11 unspecified atom stereocenters. The normalized spacial score (nSPS) is 24.9. The second-order valence-corrected chi connectivity index (χ2v) is 27.4. The zero-order valence-electron chi connectivity index (χ0n) is 55.0. The Morgan fingerprint density at radius 1 is 0.280 bits per heavy atom. The van der Waals surface area contributed by atoms with Crippen LogP contribution in [0.25, 0.3) is 0 Å². The first kappa shape index (κ1) is 73.0. The minimum Gasteiger partial charge on any atom is -0.0654 e. The van der Waals surface area contributed by atoms with Crippen LogP contribution >= 0.6 is 0 Å². The van der Waals surface area contributed by atoms with E-state index in [1.807, 2.05) is 0 Å². The van der Waals surface area contributed by atoms with Gasteiger partial charge in [-0.2, -0.15) is 0 Å². The minimum atomic E-state index is 0.994. The van der Waals surface area contributed by atoms with Crippen LogP contribution in [0.4, 0.5) is 0 Å². The van der Waals surface area contributed by atoms with Crippen LogP contribution < -0.4 is 0 Å². The maximum absolute atomic E-state index is 2.51. The summed E-state index contributed by atoms with van der Waals surface area (Å²) in [4.78, 5) is 0. The maximum atomic E-state index is 2.51. The van der Waals surface area contributed by atoms with E-state index in [0.29, 0.717) is 0 Å². The van der Waals surface area contributed by atoms with Crippen LogP contribution in [-0.2, 0) is 0 Å². The Kier molecular flexibility index (Phi) is 50.7. The van der Waals surface area contributed by atoms with Crippen LogP contribution in [0, 0.1) is 71.0 Å². The number of hydrogen-bond acceptors (Lipinski definition) is 0. The smallest absolute Gasteiger partial charge is 0.0326 e. The van der Waals surface area contributed by atoms with Gasteiger partial charge >= 0.3 is 0 Å². The lowest BCUT2D eigenvalue weighted by Crippen LogP contribution is -2.44. The minimum absolute atomic E-state index is 0.994. The summed E-state index contributed by atoms with van der Waals surface area (Å²) >= 11 is 0. The molecule has 3 saturated carbocycles. The van der Waals surface area contributed by atoms with Crippen molar-refractivity contribution in [2.24, 2.45) is 71.0 Å². The van der Waals surface area contributed by atoms with Crippen molar-refractivity contribution in [2.75, 3.05) is 0 Å². The molecule has 75 heavy (non-hydrogen) atoms. The van der Waals surface area contributed by atoms with Crippen LogP contribution in [0.5, 0.6) is 0 Å². The Hall–Kier alpha value is 0. The molecular formula is C75H150. The third-order valence-electron chi connectivity index (χ3n) is 21.1. The second-order valence-electron chi connectivity index (χ2n) is 27.4. The van der Waals surface area contributed by atoms with E-state index in [2.05, 4.69) is 83.1 Å². The molecule has 0 nitrogen and oxygen atoms in total. The van der Waals surface area contributed by atoms with Gasteiger partial charge < -0.3 is 0 Å². The van der Waals surface area contributed by atoms with Gasteiger partial charge in [0.15, 0.2) is 0 Å². The summed E-state index contributed by atoms with van der Waals surface area (Å²) in [5.41, 5.74) is 0. The molecule has 11 atom stereocenters. The maximum Gasteiger partial charge on any atom is -0.0326 e. The molecule has 0 aliphatic heterocycles. The lowest BCUT2D eigenvalue weighted by atomic mass is 9.52. The van der Waals surface area contributed by atoms with Crippen molar-refractivity contribution in [1.29, 1.82) is 0 Å². The lowest BCUT2D eigenvalue weighted by Gasteiger charge is -2.53. The quantitative estimate of drug-likeness (QED) is 0.0533. The van der Waals surface area contributed by atoms with E-state index in [4.69, 9.17) is 0 Å². The monoisotopic (exact) mass is 1050 g/mol. The number of unbranched alkanes of at least 4 members (excludes halogenated alkanes) is 24. The van der Waals surface area contributed by atoms with Crippen molar-refractivity contribution in [2.45, 2.75) is 411 Å². The zero-order valence-corrected chi connectivity index (χ0v) is 55.0. The number of fused-ring (bicyclic) bond motifs is 1. The molecule has 0 bridgehead atoms. The Labute approximate surface area is 479 Å². The molecule has 0 aromatic carbocycles. The summed E-state index contributed by atoms with van der Waals surface area (Å²) in [5.74, 6) is 12.5. The molecule has 0 heterocycles. The predicted octanol–water partition coefficient (Wildman–Crippen LogP) is 27.5. The first-order chi connectivity index (χ1) is 36.8. The zero-order chi connectivity index (χ0) is 55.0. The highest BCUT2D eigenvalue weighted by atomic mass is 14.5. The van der Waals surface area contributed by atoms with Gasteiger partial charge in [-0.15, -0.1) is 0 Å². The Balaban J connectivity index is 0.000000596. The van der Waals surface area contributed by atoms with Crippen LogP contribution in [0.2, 0.25) is 0 Å². The summed E-state index contributed by atoms with van der Waals surface area (Å²) in [6.45, 7) is 28.7.